The Labute approximate surface area is 351 Å². The summed E-state index contributed by atoms with van der Waals surface area (Å²) in [4.78, 5) is 10.4. The quantitative estimate of drug-likeness (QED) is 0.176. The van der Waals surface area contributed by atoms with Crippen molar-refractivity contribution in [2.75, 3.05) is 0 Å². The molecule has 1 atom stereocenters. The van der Waals surface area contributed by atoms with Crippen molar-refractivity contribution in [3.05, 3.63) is 199 Å². The zero-order valence-electron chi connectivity index (χ0n) is 34.2. The number of aliphatic imine (C=N–C) groups is 2. The van der Waals surface area contributed by atoms with Crippen molar-refractivity contribution in [3.63, 3.8) is 0 Å². The monoisotopic (exact) mass is 778 g/mol. The number of hydrogen-bond donors (Lipinski definition) is 0. The molecule has 11 rings (SSSR count). The molecule has 1 unspecified atom stereocenters. The second-order valence-corrected chi connectivity index (χ2v) is 15.4. The first kappa shape index (κ1) is 37.1. The number of nitrogens with zero attached hydrogens (tertiary/aromatic N) is 4. The molecule has 4 heterocycles. The highest BCUT2D eigenvalue weighted by atomic mass is 16.5. The third-order valence-electron chi connectivity index (χ3n) is 11.8. The summed E-state index contributed by atoms with van der Waals surface area (Å²) in [6, 6.07) is 49.7. The molecule has 0 N–H and O–H groups in total. The summed E-state index contributed by atoms with van der Waals surface area (Å²) in [6.45, 7) is 6.20. The van der Waals surface area contributed by atoms with Gasteiger partial charge < -0.3 is 9.30 Å². The summed E-state index contributed by atoms with van der Waals surface area (Å²) in [7, 11) is 0. The number of rotatable bonds is 3. The number of ether oxygens (including phenoxy) is 1. The number of para-hydroxylation sites is 3. The highest BCUT2D eigenvalue weighted by molar-refractivity contribution is 6.22. The number of benzene rings is 6. The predicted molar refractivity (Wildman–Crippen MR) is 254 cm³/mol. The minimum Gasteiger partial charge on any atom is -0.482 e. The Bertz CT molecular complexity index is 3180. The zero-order chi connectivity index (χ0) is 40.6. The molecule has 3 aliphatic rings. The van der Waals surface area contributed by atoms with Crippen LogP contribution in [-0.2, 0) is 0 Å². The average molecular weight is 779 g/mol. The van der Waals surface area contributed by atoms with Crippen molar-refractivity contribution in [1.29, 1.82) is 0 Å². The molecule has 60 heavy (non-hydrogen) atoms. The van der Waals surface area contributed by atoms with Crippen LogP contribution in [0.25, 0.3) is 66.0 Å². The summed E-state index contributed by atoms with van der Waals surface area (Å²) in [6.07, 6.45) is 19.8. The molecule has 0 spiro atoms. The van der Waals surface area contributed by atoms with Crippen LogP contribution in [0.1, 0.15) is 51.2 Å². The number of hydrogen-bond acceptors (Lipinski definition) is 3. The summed E-state index contributed by atoms with van der Waals surface area (Å²) in [5, 5.41) is 4.78. The smallest absolute Gasteiger partial charge is 0.235 e. The lowest BCUT2D eigenvalue weighted by Gasteiger charge is -2.29. The molecular formula is C55H46N4O. The van der Waals surface area contributed by atoms with E-state index in [1.807, 2.05) is 26.1 Å². The fourth-order valence-corrected chi connectivity index (χ4v) is 9.06. The molecule has 5 nitrogen and oxygen atoms in total. The fourth-order valence-electron chi connectivity index (χ4n) is 9.06. The maximum atomic E-state index is 6.52. The summed E-state index contributed by atoms with van der Waals surface area (Å²) in [5.74, 6) is 1.58. The molecule has 5 heteroatoms. The topological polar surface area (TPSA) is 43.8 Å². The van der Waals surface area contributed by atoms with Crippen molar-refractivity contribution in [3.8, 4) is 16.9 Å². The van der Waals surface area contributed by atoms with E-state index < -0.39 is 0 Å². The van der Waals surface area contributed by atoms with Gasteiger partial charge in [0.05, 0.1) is 27.8 Å². The molecule has 0 fully saturated rings. The Morgan fingerprint density at radius 3 is 2.17 bits per heavy atom. The van der Waals surface area contributed by atoms with Crippen LogP contribution >= 0.6 is 0 Å². The Hall–Kier alpha value is -7.24. The first-order valence-corrected chi connectivity index (χ1v) is 21.1. The zero-order valence-corrected chi connectivity index (χ0v) is 34.2. The van der Waals surface area contributed by atoms with Crippen molar-refractivity contribution in [2.24, 2.45) is 9.98 Å². The lowest BCUT2D eigenvalue weighted by molar-refractivity contribution is 0.170. The van der Waals surface area contributed by atoms with Gasteiger partial charge in [0.25, 0.3) is 0 Å². The van der Waals surface area contributed by atoms with E-state index in [-0.39, 0.29) is 5.60 Å². The molecule has 1 aliphatic carbocycles. The molecule has 6 aromatic carbocycles. The maximum absolute atomic E-state index is 6.52. The van der Waals surface area contributed by atoms with Crippen molar-refractivity contribution in [2.45, 2.75) is 45.6 Å². The van der Waals surface area contributed by atoms with Gasteiger partial charge in [-0.05, 0) is 79.4 Å². The first-order chi connectivity index (χ1) is 29.6. The highest BCUT2D eigenvalue weighted by Gasteiger charge is 2.41. The molecule has 0 radical (unpaired) electrons. The molecule has 0 saturated heterocycles. The first-order valence-electron chi connectivity index (χ1n) is 21.1. The Morgan fingerprint density at radius 2 is 1.30 bits per heavy atom. The van der Waals surface area contributed by atoms with Crippen LogP contribution in [-0.4, -0.2) is 26.4 Å². The lowest BCUT2D eigenvalue weighted by Crippen LogP contribution is -2.30. The third-order valence-corrected chi connectivity index (χ3v) is 11.8. The molecule has 292 valence electrons. The van der Waals surface area contributed by atoms with Crippen LogP contribution in [0.15, 0.2) is 198 Å². The molecule has 2 aromatic heterocycles. The van der Waals surface area contributed by atoms with Crippen molar-refractivity contribution < 1.29 is 4.74 Å². The van der Waals surface area contributed by atoms with E-state index in [4.69, 9.17) is 14.7 Å². The number of allylic oxidation sites excluding steroid dienone is 7. The van der Waals surface area contributed by atoms with E-state index in [1.165, 1.54) is 49.6 Å². The number of fused-ring (bicyclic) bond motifs is 9. The van der Waals surface area contributed by atoms with Gasteiger partial charge in [-0.3, -0.25) is 4.57 Å². The van der Waals surface area contributed by atoms with Crippen molar-refractivity contribution in [1.82, 2.24) is 9.13 Å². The Balaban J connectivity index is 0.00000213. The van der Waals surface area contributed by atoms with Gasteiger partial charge in [0, 0.05) is 56.6 Å². The van der Waals surface area contributed by atoms with Gasteiger partial charge in [-0.15, -0.1) is 0 Å². The minimum absolute atomic E-state index is 0.367. The molecule has 0 saturated carbocycles. The summed E-state index contributed by atoms with van der Waals surface area (Å²) >= 11 is 0. The molecule has 0 bridgehead atoms. The Morgan fingerprint density at radius 1 is 0.600 bits per heavy atom. The van der Waals surface area contributed by atoms with Gasteiger partial charge in [-0.25, -0.2) is 9.98 Å². The van der Waals surface area contributed by atoms with Crippen LogP contribution < -0.4 is 4.74 Å². The van der Waals surface area contributed by atoms with Gasteiger partial charge in [-0.2, -0.15) is 0 Å². The van der Waals surface area contributed by atoms with E-state index in [0.29, 0.717) is 5.96 Å². The van der Waals surface area contributed by atoms with Crippen LogP contribution in [0.5, 0.6) is 5.75 Å². The van der Waals surface area contributed by atoms with Gasteiger partial charge >= 0.3 is 0 Å². The molecule has 2 aliphatic heterocycles. The van der Waals surface area contributed by atoms with Crippen LogP contribution in [0.2, 0.25) is 0 Å². The van der Waals surface area contributed by atoms with E-state index in [1.54, 1.807) is 0 Å². The second-order valence-electron chi connectivity index (χ2n) is 15.4. The molecule has 8 aromatic rings. The Kier molecular flexibility index (Phi) is 9.57. The average Bonchev–Trinajstić information content (AvgIpc) is 3.92. The maximum Gasteiger partial charge on any atom is 0.235 e. The summed E-state index contributed by atoms with van der Waals surface area (Å²) < 4.78 is 11.2. The van der Waals surface area contributed by atoms with Gasteiger partial charge in [-0.1, -0.05) is 147 Å². The number of aromatic nitrogens is 2. The molecule has 0 amide bonds. The third kappa shape index (κ3) is 6.25. The fraction of sp³-hybridized carbons (Fsp3) is 0.127. The second kappa shape index (κ2) is 15.5. The van der Waals surface area contributed by atoms with E-state index in [9.17, 15) is 0 Å². The largest absolute Gasteiger partial charge is 0.482 e. The van der Waals surface area contributed by atoms with Gasteiger partial charge in [0.15, 0.2) is 0 Å². The van der Waals surface area contributed by atoms with E-state index in [0.717, 1.165) is 58.3 Å². The standard InChI is InChI=1S/C53H40N4O.C2H6/c1-53-32-31-38(35-44(53)41-21-12-15-28-50(41)58-53)56-46-25-13-10-20-40(46)43-34-37(29-30-48(43)56)39-23-17-27-49-51(39)42-22-11-14-26-47(42)57(49)52-54-33-16-5-3-2-4-9-24-45(55-52)36-18-7-6-8-19-36;1-2/h2,4,6-31,33-35H,3,5,32H2,1H3;1-2H3/b4-2+,24-9+,33-16-,54-52+,55-45+;. The SMILES string of the molecule is CC.CC12CC=C(n3c4ccccc4c4cc(-c5cccc6c5c5ccccc5n6C5=N/C=C\CC/C=C/C=C/C(c6ccccc6)=N\5)ccc43)C=C1c1ccccc1O2. The minimum atomic E-state index is -0.367. The molecular weight excluding hydrogens is 733 g/mol. The highest BCUT2D eigenvalue weighted by Crippen LogP contribution is 2.50. The van der Waals surface area contributed by atoms with Crippen LogP contribution in [0.3, 0.4) is 0 Å². The van der Waals surface area contributed by atoms with Crippen LogP contribution in [0.4, 0.5) is 0 Å². The van der Waals surface area contributed by atoms with Gasteiger partial charge in [0.1, 0.15) is 11.4 Å². The normalized spacial score (nSPS) is 20.8. The van der Waals surface area contributed by atoms with Gasteiger partial charge in [0.2, 0.25) is 5.96 Å². The summed E-state index contributed by atoms with van der Waals surface area (Å²) in [5.41, 5.74) is 11.9. The van der Waals surface area contributed by atoms with E-state index >= 15 is 0 Å². The van der Waals surface area contributed by atoms with Crippen LogP contribution in [0, 0.1) is 0 Å². The van der Waals surface area contributed by atoms with Crippen molar-refractivity contribution >= 4 is 66.6 Å². The predicted octanol–water partition coefficient (Wildman–Crippen LogP) is 14.2. The lowest BCUT2D eigenvalue weighted by atomic mass is 9.85. The van der Waals surface area contributed by atoms with E-state index in [2.05, 4.69) is 192 Å².